The molecule has 0 saturated heterocycles. The number of rotatable bonds is 9. The van der Waals surface area contributed by atoms with Gasteiger partial charge in [-0.3, -0.25) is 5.10 Å². The highest BCUT2D eigenvalue weighted by atomic mass is 79.9. The Morgan fingerprint density at radius 3 is 2.67 bits per heavy atom. The third-order valence-corrected chi connectivity index (χ3v) is 5.66. The summed E-state index contributed by atoms with van der Waals surface area (Å²) in [5.74, 6) is 1.59. The van der Waals surface area contributed by atoms with E-state index in [2.05, 4.69) is 31.6 Å². The maximum Gasteiger partial charge on any atom is 0.214 e. The maximum absolute atomic E-state index is 13.2. The molecule has 0 aliphatic heterocycles. The third kappa shape index (κ3) is 5.33. The number of aromatic amines is 1. The van der Waals surface area contributed by atoms with E-state index in [4.69, 9.17) is 33.3 Å². The molecule has 0 amide bonds. The lowest BCUT2D eigenvalue weighted by Crippen LogP contribution is -2.17. The monoisotopic (exact) mass is 514 g/mol. The summed E-state index contributed by atoms with van der Waals surface area (Å²) in [7, 11) is 0. The molecule has 3 aromatic rings. The number of hydrogen-bond acceptors (Lipinski definition) is 5. The molecular formula is C20H21BrClFN4O2S. The number of H-pyrrole nitrogens is 1. The average molecular weight is 516 g/mol. The van der Waals surface area contributed by atoms with Gasteiger partial charge in [-0.25, -0.2) is 9.07 Å². The van der Waals surface area contributed by atoms with E-state index in [1.807, 2.05) is 26.0 Å². The quantitative estimate of drug-likeness (QED) is 0.354. The molecule has 0 spiro atoms. The lowest BCUT2D eigenvalue weighted by atomic mass is 10.2. The molecule has 1 aromatic heterocycles. The summed E-state index contributed by atoms with van der Waals surface area (Å²) in [5, 5.41) is 7.29. The number of nitrogens with zero attached hydrogens (tertiary/aromatic N) is 2. The van der Waals surface area contributed by atoms with Crippen molar-refractivity contribution >= 4 is 39.7 Å². The number of nitrogens with one attached hydrogen (secondary N) is 2. The van der Waals surface area contributed by atoms with E-state index in [0.717, 1.165) is 22.3 Å². The fourth-order valence-corrected chi connectivity index (χ4v) is 3.68. The number of hydrogen-bond donors (Lipinski definition) is 2. The van der Waals surface area contributed by atoms with Crippen LogP contribution in [0.5, 0.6) is 11.5 Å². The Morgan fingerprint density at radius 2 is 1.97 bits per heavy atom. The van der Waals surface area contributed by atoms with Crippen LogP contribution >= 0.6 is 39.7 Å². The van der Waals surface area contributed by atoms with E-state index >= 15 is 0 Å². The normalized spacial score (nSPS) is 10.8. The van der Waals surface area contributed by atoms with Crippen molar-refractivity contribution in [1.82, 2.24) is 14.9 Å². The molecule has 0 atom stereocenters. The molecule has 0 radical (unpaired) electrons. The summed E-state index contributed by atoms with van der Waals surface area (Å²) in [6, 6.07) is 7.96. The highest BCUT2D eigenvalue weighted by Gasteiger charge is 2.13. The minimum atomic E-state index is -0.387. The minimum Gasteiger partial charge on any atom is -0.490 e. The lowest BCUT2D eigenvalue weighted by molar-refractivity contribution is 0.269. The van der Waals surface area contributed by atoms with E-state index in [0.29, 0.717) is 40.0 Å². The van der Waals surface area contributed by atoms with Crippen LogP contribution in [0.1, 0.15) is 30.8 Å². The van der Waals surface area contributed by atoms with Gasteiger partial charge >= 0.3 is 0 Å². The molecule has 3 rings (SSSR count). The maximum atomic E-state index is 13.2. The van der Waals surface area contributed by atoms with Gasteiger partial charge in [-0.2, -0.15) is 5.10 Å². The highest BCUT2D eigenvalue weighted by molar-refractivity contribution is 9.10. The van der Waals surface area contributed by atoms with Crippen LogP contribution < -0.4 is 14.9 Å². The number of halogens is 3. The molecule has 0 bridgehead atoms. The topological polar surface area (TPSA) is 64.1 Å². The zero-order valence-electron chi connectivity index (χ0n) is 16.5. The Kier molecular flexibility index (Phi) is 7.74. The fourth-order valence-electron chi connectivity index (χ4n) is 2.78. The highest BCUT2D eigenvalue weighted by Crippen LogP contribution is 2.35. The Bertz CT molecular complexity index is 1090. The minimum absolute atomic E-state index is 0.188. The van der Waals surface area contributed by atoms with Crippen molar-refractivity contribution in [3.05, 3.63) is 67.4 Å². The van der Waals surface area contributed by atoms with Gasteiger partial charge in [0.1, 0.15) is 12.4 Å². The average Bonchev–Trinajstić information content (AvgIpc) is 3.07. The van der Waals surface area contributed by atoms with Gasteiger partial charge in [0, 0.05) is 16.5 Å². The van der Waals surface area contributed by atoms with Crippen LogP contribution in [0.3, 0.4) is 0 Å². The molecular weight excluding hydrogens is 495 g/mol. The second kappa shape index (κ2) is 10.3. The largest absolute Gasteiger partial charge is 0.490 e. The Balaban J connectivity index is 1.79. The summed E-state index contributed by atoms with van der Waals surface area (Å²) in [6.45, 7) is 5.07. The van der Waals surface area contributed by atoms with Gasteiger partial charge in [0.2, 0.25) is 4.77 Å². The van der Waals surface area contributed by atoms with E-state index in [9.17, 15) is 4.39 Å². The molecule has 2 aromatic carbocycles. The molecule has 0 unspecified atom stereocenters. The lowest BCUT2D eigenvalue weighted by Gasteiger charge is -2.16. The van der Waals surface area contributed by atoms with Gasteiger partial charge in [0.25, 0.3) is 0 Å². The number of ether oxygens (including phenoxy) is 2. The van der Waals surface area contributed by atoms with Gasteiger partial charge in [-0.15, -0.1) is 0 Å². The van der Waals surface area contributed by atoms with Crippen molar-refractivity contribution in [3.63, 3.8) is 0 Å². The van der Waals surface area contributed by atoms with Crippen molar-refractivity contribution in [3.8, 4) is 11.5 Å². The summed E-state index contributed by atoms with van der Waals surface area (Å²) in [6.07, 6.45) is 0.740. The molecule has 10 heteroatoms. The van der Waals surface area contributed by atoms with Crippen LogP contribution in [-0.2, 0) is 19.6 Å². The van der Waals surface area contributed by atoms with E-state index in [1.165, 1.54) is 12.1 Å². The van der Waals surface area contributed by atoms with Gasteiger partial charge in [0.05, 0.1) is 18.2 Å². The first-order chi connectivity index (χ1) is 14.4. The van der Waals surface area contributed by atoms with Crippen LogP contribution in [0.15, 0.2) is 34.8 Å². The van der Waals surface area contributed by atoms with Gasteiger partial charge < -0.3 is 14.9 Å². The Labute approximate surface area is 192 Å². The molecule has 0 fully saturated rings. The molecule has 1 heterocycles. The fraction of sp³-hybridized carbons (Fsp3) is 0.300. The Hall–Kier alpha value is -2.10. The standard InChI is InChI=1S/C20H21BrClFN4O2S/c1-3-19-25-26-20(30)27(19)24-10-13-7-17(28-4-2)18(9-15(13)21)29-11-12-5-6-14(23)8-16(12)22/h5-9,24H,3-4,10-11H2,1-2H3,(H,26,30). The van der Waals surface area contributed by atoms with Crippen molar-refractivity contribution < 1.29 is 13.9 Å². The summed E-state index contributed by atoms with van der Waals surface area (Å²) >= 11 is 15.0. The SMILES string of the molecule is CCOc1cc(CNn2c(CC)n[nH]c2=S)c(Br)cc1OCc1ccc(F)cc1Cl. The number of aromatic nitrogens is 3. The van der Waals surface area contributed by atoms with Crippen molar-refractivity contribution in [2.24, 2.45) is 0 Å². The second-order valence-corrected chi connectivity index (χ2v) is 7.96. The van der Waals surface area contributed by atoms with Gasteiger partial charge in [-0.1, -0.05) is 40.5 Å². The first-order valence-electron chi connectivity index (χ1n) is 9.35. The zero-order valence-corrected chi connectivity index (χ0v) is 19.6. The molecule has 0 aliphatic rings. The van der Waals surface area contributed by atoms with Crippen LogP contribution in [0.2, 0.25) is 5.02 Å². The number of aryl methyl sites for hydroxylation is 1. The van der Waals surface area contributed by atoms with Crippen molar-refractivity contribution in [2.45, 2.75) is 33.4 Å². The summed E-state index contributed by atoms with van der Waals surface area (Å²) in [4.78, 5) is 0. The molecule has 30 heavy (non-hydrogen) atoms. The first kappa shape index (κ1) is 22.6. The predicted molar refractivity (Wildman–Crippen MR) is 121 cm³/mol. The number of benzene rings is 2. The van der Waals surface area contributed by atoms with Gasteiger partial charge in [-0.05, 0) is 49.0 Å². The molecule has 6 nitrogen and oxygen atoms in total. The second-order valence-electron chi connectivity index (χ2n) is 6.32. The van der Waals surface area contributed by atoms with Crippen LogP contribution in [-0.4, -0.2) is 21.5 Å². The summed E-state index contributed by atoms with van der Waals surface area (Å²) in [5.41, 5.74) is 4.91. The molecule has 2 N–H and O–H groups in total. The first-order valence-corrected chi connectivity index (χ1v) is 10.9. The smallest absolute Gasteiger partial charge is 0.214 e. The van der Waals surface area contributed by atoms with E-state index in [1.54, 1.807) is 10.7 Å². The molecule has 160 valence electrons. The van der Waals surface area contributed by atoms with E-state index < -0.39 is 0 Å². The van der Waals surface area contributed by atoms with Crippen molar-refractivity contribution in [1.29, 1.82) is 0 Å². The van der Waals surface area contributed by atoms with Crippen LogP contribution in [0.4, 0.5) is 4.39 Å². The van der Waals surface area contributed by atoms with Crippen LogP contribution in [0, 0.1) is 10.6 Å². The van der Waals surface area contributed by atoms with Gasteiger partial charge in [0.15, 0.2) is 17.3 Å². The summed E-state index contributed by atoms with van der Waals surface area (Å²) < 4.78 is 28.0. The van der Waals surface area contributed by atoms with E-state index in [-0.39, 0.29) is 12.4 Å². The molecule has 0 aliphatic carbocycles. The van der Waals surface area contributed by atoms with Crippen LogP contribution in [0.25, 0.3) is 0 Å². The molecule has 0 saturated carbocycles. The third-order valence-electron chi connectivity index (χ3n) is 4.30. The zero-order chi connectivity index (χ0) is 21.7. The Morgan fingerprint density at radius 1 is 1.20 bits per heavy atom. The van der Waals surface area contributed by atoms with Crippen molar-refractivity contribution in [2.75, 3.05) is 12.0 Å². The predicted octanol–water partition coefficient (Wildman–Crippen LogP) is 5.78.